The predicted molar refractivity (Wildman–Crippen MR) is 99.4 cm³/mol. The summed E-state index contributed by atoms with van der Waals surface area (Å²) in [6, 6.07) is 11.1. The molecule has 1 aromatic carbocycles. The third-order valence-corrected chi connectivity index (χ3v) is 5.03. The van der Waals surface area contributed by atoms with Gasteiger partial charge in [0.05, 0.1) is 22.5 Å². The zero-order chi connectivity index (χ0) is 19.0. The van der Waals surface area contributed by atoms with Crippen molar-refractivity contribution in [1.29, 1.82) is 0 Å². The van der Waals surface area contributed by atoms with Gasteiger partial charge in [0, 0.05) is 30.5 Å². The second-order valence-corrected chi connectivity index (χ2v) is 6.88. The normalized spacial score (nSPS) is 15.2. The van der Waals surface area contributed by atoms with Crippen molar-refractivity contribution in [2.24, 2.45) is 5.73 Å². The van der Waals surface area contributed by atoms with E-state index in [1.165, 1.54) is 0 Å². The quantitative estimate of drug-likeness (QED) is 0.770. The van der Waals surface area contributed by atoms with Crippen LogP contribution in [-0.2, 0) is 0 Å². The number of amides is 2. The standard InChI is InChI=1S/C20H20N4O3/c1-12-10-17(27-23-12)20(26)24-8-6-13(7-9-24)18-15(19(21)25)11-14-4-2-3-5-16(14)22-18/h2-5,10-11,13H,6-9H2,1H3,(H2,21,25). The topological polar surface area (TPSA) is 102 Å². The maximum atomic E-state index is 12.5. The Hall–Kier alpha value is -3.22. The molecule has 27 heavy (non-hydrogen) atoms. The Labute approximate surface area is 156 Å². The molecule has 0 saturated carbocycles. The summed E-state index contributed by atoms with van der Waals surface area (Å²) < 4.78 is 5.07. The lowest BCUT2D eigenvalue weighted by Crippen LogP contribution is -2.38. The van der Waals surface area contributed by atoms with Crippen LogP contribution in [0.25, 0.3) is 10.9 Å². The van der Waals surface area contributed by atoms with E-state index in [-0.39, 0.29) is 17.6 Å². The Morgan fingerprint density at radius 2 is 1.93 bits per heavy atom. The summed E-state index contributed by atoms with van der Waals surface area (Å²) in [5, 5.41) is 4.66. The zero-order valence-electron chi connectivity index (χ0n) is 15.0. The lowest BCUT2D eigenvalue weighted by atomic mass is 9.89. The number of carbonyl (C=O) groups excluding carboxylic acids is 2. The number of nitrogens with two attached hydrogens (primary N) is 1. The Morgan fingerprint density at radius 3 is 2.59 bits per heavy atom. The van der Waals surface area contributed by atoms with Gasteiger partial charge in [0.1, 0.15) is 0 Å². The summed E-state index contributed by atoms with van der Waals surface area (Å²) >= 11 is 0. The van der Waals surface area contributed by atoms with E-state index < -0.39 is 5.91 Å². The fraction of sp³-hybridized carbons (Fsp3) is 0.300. The first kappa shape index (κ1) is 17.2. The van der Waals surface area contributed by atoms with E-state index in [1.54, 1.807) is 17.9 Å². The summed E-state index contributed by atoms with van der Waals surface area (Å²) in [7, 11) is 0. The molecule has 1 fully saturated rings. The molecule has 0 radical (unpaired) electrons. The van der Waals surface area contributed by atoms with Crippen LogP contribution in [0.2, 0.25) is 0 Å². The van der Waals surface area contributed by atoms with Crippen molar-refractivity contribution in [2.45, 2.75) is 25.7 Å². The van der Waals surface area contributed by atoms with E-state index in [2.05, 4.69) is 5.16 Å². The molecule has 3 heterocycles. The van der Waals surface area contributed by atoms with Crippen molar-refractivity contribution in [3.63, 3.8) is 0 Å². The predicted octanol–water partition coefficient (Wildman–Crippen LogP) is 2.65. The van der Waals surface area contributed by atoms with Crippen LogP contribution in [-0.4, -0.2) is 39.9 Å². The molecule has 2 N–H and O–H groups in total. The number of fused-ring (bicyclic) bond motifs is 1. The van der Waals surface area contributed by atoms with E-state index in [0.29, 0.717) is 37.2 Å². The number of aromatic nitrogens is 2. The smallest absolute Gasteiger partial charge is 0.292 e. The van der Waals surface area contributed by atoms with Crippen LogP contribution < -0.4 is 5.73 Å². The molecule has 0 bridgehead atoms. The van der Waals surface area contributed by atoms with Crippen molar-refractivity contribution in [1.82, 2.24) is 15.0 Å². The van der Waals surface area contributed by atoms with E-state index in [1.807, 2.05) is 30.3 Å². The largest absolute Gasteiger partial charge is 0.366 e. The third-order valence-electron chi connectivity index (χ3n) is 5.03. The molecule has 0 aliphatic carbocycles. The summed E-state index contributed by atoms with van der Waals surface area (Å²) in [6.07, 6.45) is 1.43. The van der Waals surface area contributed by atoms with Crippen LogP contribution >= 0.6 is 0 Å². The van der Waals surface area contributed by atoms with Gasteiger partial charge in [0.2, 0.25) is 5.76 Å². The van der Waals surface area contributed by atoms with Gasteiger partial charge in [0.25, 0.3) is 11.8 Å². The Kier molecular flexibility index (Phi) is 4.35. The molecular formula is C20H20N4O3. The van der Waals surface area contributed by atoms with Gasteiger partial charge >= 0.3 is 0 Å². The third kappa shape index (κ3) is 3.28. The Morgan fingerprint density at radius 1 is 1.19 bits per heavy atom. The highest BCUT2D eigenvalue weighted by molar-refractivity contribution is 5.98. The molecule has 3 aromatic rings. The van der Waals surface area contributed by atoms with Gasteiger partial charge in [-0.1, -0.05) is 23.4 Å². The molecular weight excluding hydrogens is 344 g/mol. The lowest BCUT2D eigenvalue weighted by molar-refractivity contribution is 0.0669. The number of piperidine rings is 1. The molecule has 1 aliphatic heterocycles. The fourth-order valence-corrected chi connectivity index (χ4v) is 3.62. The number of primary amides is 1. The summed E-state index contributed by atoms with van der Waals surface area (Å²) in [5.74, 6) is -0.292. The number of benzene rings is 1. The van der Waals surface area contributed by atoms with Gasteiger partial charge in [-0.05, 0) is 31.9 Å². The number of pyridine rings is 1. The molecule has 4 rings (SSSR count). The minimum Gasteiger partial charge on any atom is -0.366 e. The van der Waals surface area contributed by atoms with Gasteiger partial charge < -0.3 is 15.2 Å². The minimum absolute atomic E-state index is 0.0811. The average molecular weight is 364 g/mol. The number of nitrogens with zero attached hydrogens (tertiary/aromatic N) is 3. The number of likely N-dealkylation sites (tertiary alicyclic amines) is 1. The molecule has 2 aromatic heterocycles. The number of aryl methyl sites for hydroxylation is 1. The maximum absolute atomic E-state index is 12.5. The summed E-state index contributed by atoms with van der Waals surface area (Å²) in [4.78, 5) is 30.9. The van der Waals surface area contributed by atoms with E-state index >= 15 is 0 Å². The van der Waals surface area contributed by atoms with Crippen LogP contribution in [0.15, 0.2) is 40.9 Å². The summed E-state index contributed by atoms with van der Waals surface area (Å²) in [5.41, 5.74) is 8.31. The number of para-hydroxylation sites is 1. The molecule has 1 saturated heterocycles. The van der Waals surface area contributed by atoms with Gasteiger partial charge in [-0.2, -0.15) is 0 Å². The zero-order valence-corrected chi connectivity index (χ0v) is 15.0. The van der Waals surface area contributed by atoms with Crippen molar-refractivity contribution < 1.29 is 14.1 Å². The number of hydrogen-bond acceptors (Lipinski definition) is 5. The van der Waals surface area contributed by atoms with E-state index in [0.717, 1.165) is 16.6 Å². The van der Waals surface area contributed by atoms with Crippen LogP contribution in [0.3, 0.4) is 0 Å². The first-order valence-corrected chi connectivity index (χ1v) is 8.95. The summed E-state index contributed by atoms with van der Waals surface area (Å²) in [6.45, 7) is 2.91. The molecule has 7 nitrogen and oxygen atoms in total. The molecule has 2 amide bonds. The van der Waals surface area contributed by atoms with Crippen LogP contribution in [0.1, 0.15) is 51.1 Å². The van der Waals surface area contributed by atoms with Gasteiger partial charge in [-0.15, -0.1) is 0 Å². The van der Waals surface area contributed by atoms with Crippen molar-refractivity contribution in [3.8, 4) is 0 Å². The van der Waals surface area contributed by atoms with E-state index in [4.69, 9.17) is 15.2 Å². The minimum atomic E-state index is -0.473. The highest BCUT2D eigenvalue weighted by Crippen LogP contribution is 2.31. The fourth-order valence-electron chi connectivity index (χ4n) is 3.62. The van der Waals surface area contributed by atoms with Crippen LogP contribution in [0.5, 0.6) is 0 Å². The second-order valence-electron chi connectivity index (χ2n) is 6.88. The maximum Gasteiger partial charge on any atom is 0.292 e. The van der Waals surface area contributed by atoms with Crippen molar-refractivity contribution in [3.05, 3.63) is 59.1 Å². The lowest BCUT2D eigenvalue weighted by Gasteiger charge is -2.31. The van der Waals surface area contributed by atoms with Gasteiger partial charge in [0.15, 0.2) is 0 Å². The molecule has 1 aliphatic rings. The van der Waals surface area contributed by atoms with Crippen LogP contribution in [0.4, 0.5) is 0 Å². The van der Waals surface area contributed by atoms with Crippen LogP contribution in [0, 0.1) is 6.92 Å². The second kappa shape index (κ2) is 6.83. The highest BCUT2D eigenvalue weighted by Gasteiger charge is 2.29. The molecule has 7 heteroatoms. The van der Waals surface area contributed by atoms with Gasteiger partial charge in [-0.25, -0.2) is 0 Å². The number of hydrogen-bond donors (Lipinski definition) is 1. The molecule has 0 unspecified atom stereocenters. The monoisotopic (exact) mass is 364 g/mol. The molecule has 138 valence electrons. The average Bonchev–Trinajstić information content (AvgIpc) is 3.13. The SMILES string of the molecule is Cc1cc(C(=O)N2CCC(c3nc4ccccc4cc3C(N)=O)CC2)on1. The number of carbonyl (C=O) groups is 2. The van der Waals surface area contributed by atoms with Gasteiger partial charge in [-0.3, -0.25) is 14.6 Å². The molecule has 0 spiro atoms. The van der Waals surface area contributed by atoms with Crippen molar-refractivity contribution >= 4 is 22.7 Å². The number of rotatable bonds is 3. The first-order valence-electron chi connectivity index (χ1n) is 8.95. The Bertz CT molecular complexity index is 1020. The van der Waals surface area contributed by atoms with E-state index in [9.17, 15) is 9.59 Å². The van der Waals surface area contributed by atoms with Crippen molar-refractivity contribution in [2.75, 3.05) is 13.1 Å². The first-order chi connectivity index (χ1) is 13.0. The molecule has 0 atom stereocenters. The highest BCUT2D eigenvalue weighted by atomic mass is 16.5. The Balaban J connectivity index is 1.56.